The van der Waals surface area contributed by atoms with Crippen molar-refractivity contribution in [2.45, 2.75) is 19.8 Å². The van der Waals surface area contributed by atoms with Gasteiger partial charge in [-0.3, -0.25) is 4.98 Å². The molecule has 2 aromatic heterocycles. The van der Waals surface area contributed by atoms with Crippen LogP contribution in [0.1, 0.15) is 18.9 Å². The minimum atomic E-state index is 1.01. The zero-order chi connectivity index (χ0) is 9.80. The van der Waals surface area contributed by atoms with Crippen LogP contribution in [0, 0.1) is 0 Å². The zero-order valence-corrected chi connectivity index (χ0v) is 8.22. The Balaban J connectivity index is 2.25. The highest BCUT2D eigenvalue weighted by Crippen LogP contribution is 2.07. The maximum absolute atomic E-state index is 4.28. The second-order valence-corrected chi connectivity index (χ2v) is 3.25. The maximum Gasteiger partial charge on any atom is 0.0828 e. The fraction of sp³-hybridized carbons (Fsp3) is 0.273. The van der Waals surface area contributed by atoms with Crippen molar-refractivity contribution in [3.05, 3.63) is 42.5 Å². The van der Waals surface area contributed by atoms with Crippen molar-refractivity contribution in [1.82, 2.24) is 14.8 Å². The largest absolute Gasteiger partial charge is 0.262 e. The smallest absolute Gasteiger partial charge is 0.0828 e. The lowest BCUT2D eigenvalue weighted by Gasteiger charge is -1.97. The van der Waals surface area contributed by atoms with Gasteiger partial charge in [-0.05, 0) is 24.1 Å². The van der Waals surface area contributed by atoms with Gasteiger partial charge in [-0.1, -0.05) is 13.3 Å². The van der Waals surface area contributed by atoms with Crippen LogP contribution in [0.5, 0.6) is 0 Å². The molecule has 0 bridgehead atoms. The minimum absolute atomic E-state index is 1.01. The fourth-order valence-electron chi connectivity index (χ4n) is 1.41. The molecule has 2 heterocycles. The number of aryl methyl sites for hydroxylation is 1. The normalized spacial score (nSPS) is 10.4. The molecule has 72 valence electrons. The molecule has 3 nitrogen and oxygen atoms in total. The Morgan fingerprint density at radius 1 is 1.36 bits per heavy atom. The van der Waals surface area contributed by atoms with E-state index in [9.17, 15) is 0 Å². The Morgan fingerprint density at radius 2 is 2.29 bits per heavy atom. The van der Waals surface area contributed by atoms with Crippen LogP contribution in [-0.4, -0.2) is 14.8 Å². The molecule has 0 aromatic carbocycles. The van der Waals surface area contributed by atoms with Gasteiger partial charge < -0.3 is 0 Å². The summed E-state index contributed by atoms with van der Waals surface area (Å²) in [6.45, 7) is 2.17. The van der Waals surface area contributed by atoms with E-state index in [1.807, 2.05) is 29.2 Å². The lowest BCUT2D eigenvalue weighted by atomic mass is 10.2. The summed E-state index contributed by atoms with van der Waals surface area (Å²) in [7, 11) is 0. The fourth-order valence-corrected chi connectivity index (χ4v) is 1.41. The monoisotopic (exact) mass is 187 g/mol. The molecule has 0 aliphatic heterocycles. The number of pyridine rings is 1. The molecule has 0 N–H and O–H groups in total. The van der Waals surface area contributed by atoms with Gasteiger partial charge in [-0.15, -0.1) is 0 Å². The Kier molecular flexibility index (Phi) is 2.58. The third kappa shape index (κ3) is 1.82. The molecule has 2 aromatic rings. The Bertz CT molecular complexity index is 392. The number of hydrogen-bond donors (Lipinski definition) is 0. The van der Waals surface area contributed by atoms with Gasteiger partial charge >= 0.3 is 0 Å². The van der Waals surface area contributed by atoms with Gasteiger partial charge in [0.05, 0.1) is 18.1 Å². The second-order valence-electron chi connectivity index (χ2n) is 3.25. The molecule has 0 amide bonds. The lowest BCUT2D eigenvalue weighted by Crippen LogP contribution is -1.93. The van der Waals surface area contributed by atoms with E-state index in [4.69, 9.17) is 0 Å². The highest BCUT2D eigenvalue weighted by atomic mass is 15.3. The van der Waals surface area contributed by atoms with Gasteiger partial charge in [0.25, 0.3) is 0 Å². The van der Waals surface area contributed by atoms with Crippen molar-refractivity contribution in [3.8, 4) is 5.69 Å². The molecule has 0 aliphatic carbocycles. The van der Waals surface area contributed by atoms with Crippen LogP contribution in [0.4, 0.5) is 0 Å². The first-order valence-electron chi connectivity index (χ1n) is 4.84. The quantitative estimate of drug-likeness (QED) is 0.737. The number of hydrogen-bond acceptors (Lipinski definition) is 2. The first-order chi connectivity index (χ1) is 6.90. The Hall–Kier alpha value is -1.64. The predicted molar refractivity (Wildman–Crippen MR) is 55.4 cm³/mol. The van der Waals surface area contributed by atoms with Gasteiger partial charge in [0.1, 0.15) is 0 Å². The standard InChI is InChI=1S/C11H13N3/c1-2-4-10-7-13-14(9-10)11-5-3-6-12-8-11/h3,5-9H,2,4H2,1H3. The molecule has 14 heavy (non-hydrogen) atoms. The van der Waals surface area contributed by atoms with Gasteiger partial charge in [0, 0.05) is 12.4 Å². The number of nitrogens with zero attached hydrogens (tertiary/aromatic N) is 3. The van der Waals surface area contributed by atoms with Gasteiger partial charge in [0.2, 0.25) is 0 Å². The SMILES string of the molecule is CCCc1cnn(-c2cccnc2)c1. The van der Waals surface area contributed by atoms with Crippen molar-refractivity contribution >= 4 is 0 Å². The summed E-state index contributed by atoms with van der Waals surface area (Å²) in [6, 6.07) is 3.91. The molecular weight excluding hydrogens is 174 g/mol. The van der Waals surface area contributed by atoms with Gasteiger partial charge in [0.15, 0.2) is 0 Å². The second kappa shape index (κ2) is 4.05. The molecule has 0 aliphatic rings. The molecular formula is C11H13N3. The molecule has 3 heteroatoms. The summed E-state index contributed by atoms with van der Waals surface area (Å²) in [6.07, 6.45) is 9.78. The highest BCUT2D eigenvalue weighted by Gasteiger charge is 1.98. The van der Waals surface area contributed by atoms with E-state index in [0.29, 0.717) is 0 Å². The van der Waals surface area contributed by atoms with Crippen molar-refractivity contribution in [3.63, 3.8) is 0 Å². The predicted octanol–water partition coefficient (Wildman–Crippen LogP) is 2.22. The van der Waals surface area contributed by atoms with Crippen LogP contribution in [0.15, 0.2) is 36.9 Å². The van der Waals surface area contributed by atoms with Crippen molar-refractivity contribution in [2.75, 3.05) is 0 Å². The Labute approximate surface area is 83.4 Å². The average Bonchev–Trinajstić information content (AvgIpc) is 2.68. The summed E-state index contributed by atoms with van der Waals surface area (Å²) in [5.41, 5.74) is 2.28. The van der Waals surface area contributed by atoms with E-state index >= 15 is 0 Å². The molecule has 2 rings (SSSR count). The summed E-state index contributed by atoms with van der Waals surface area (Å²) in [5.74, 6) is 0. The molecule has 0 fully saturated rings. The highest BCUT2D eigenvalue weighted by molar-refractivity contribution is 5.27. The summed E-state index contributed by atoms with van der Waals surface area (Å²) < 4.78 is 1.86. The van der Waals surface area contributed by atoms with Crippen LogP contribution < -0.4 is 0 Å². The first-order valence-corrected chi connectivity index (χ1v) is 4.84. The molecule has 0 radical (unpaired) electrons. The minimum Gasteiger partial charge on any atom is -0.262 e. The van der Waals surface area contributed by atoms with Gasteiger partial charge in [-0.25, -0.2) is 4.68 Å². The molecule has 0 saturated carbocycles. The molecule has 0 spiro atoms. The van der Waals surface area contributed by atoms with E-state index in [1.165, 1.54) is 5.56 Å². The number of aromatic nitrogens is 3. The van der Waals surface area contributed by atoms with Gasteiger partial charge in [-0.2, -0.15) is 5.10 Å². The third-order valence-electron chi connectivity index (χ3n) is 2.09. The Morgan fingerprint density at radius 3 is 3.00 bits per heavy atom. The van der Waals surface area contributed by atoms with Crippen LogP contribution in [-0.2, 0) is 6.42 Å². The summed E-state index contributed by atoms with van der Waals surface area (Å²) in [5, 5.41) is 4.28. The van der Waals surface area contributed by atoms with Crippen molar-refractivity contribution < 1.29 is 0 Å². The van der Waals surface area contributed by atoms with Crippen LogP contribution in [0.2, 0.25) is 0 Å². The lowest BCUT2D eigenvalue weighted by molar-refractivity contribution is 0.871. The van der Waals surface area contributed by atoms with E-state index in [0.717, 1.165) is 18.5 Å². The topological polar surface area (TPSA) is 30.7 Å². The van der Waals surface area contributed by atoms with Crippen LogP contribution >= 0.6 is 0 Å². The van der Waals surface area contributed by atoms with Crippen molar-refractivity contribution in [1.29, 1.82) is 0 Å². The molecule has 0 saturated heterocycles. The summed E-state index contributed by atoms with van der Waals surface area (Å²) in [4.78, 5) is 4.06. The van der Waals surface area contributed by atoms with E-state index in [-0.39, 0.29) is 0 Å². The third-order valence-corrected chi connectivity index (χ3v) is 2.09. The maximum atomic E-state index is 4.28. The van der Waals surface area contributed by atoms with E-state index in [1.54, 1.807) is 6.20 Å². The number of rotatable bonds is 3. The van der Waals surface area contributed by atoms with E-state index in [2.05, 4.69) is 23.2 Å². The molecule has 0 atom stereocenters. The first kappa shape index (κ1) is 8.94. The van der Waals surface area contributed by atoms with E-state index < -0.39 is 0 Å². The molecule has 0 unspecified atom stereocenters. The zero-order valence-electron chi connectivity index (χ0n) is 8.22. The van der Waals surface area contributed by atoms with Crippen LogP contribution in [0.25, 0.3) is 5.69 Å². The van der Waals surface area contributed by atoms with Crippen molar-refractivity contribution in [2.24, 2.45) is 0 Å². The van der Waals surface area contributed by atoms with Crippen LogP contribution in [0.3, 0.4) is 0 Å². The summed E-state index contributed by atoms with van der Waals surface area (Å²) >= 11 is 0. The average molecular weight is 187 g/mol.